The van der Waals surface area contributed by atoms with Crippen LogP contribution in [-0.4, -0.2) is 62.2 Å². The number of ketones is 1. The normalized spacial score (nSPS) is 22.4. The Morgan fingerprint density at radius 2 is 1.81 bits per heavy atom. The highest BCUT2D eigenvalue weighted by molar-refractivity contribution is 6.46. The molecule has 2 fully saturated rings. The zero-order chi connectivity index (χ0) is 22.8. The number of ether oxygens (including phenoxy) is 2. The minimum Gasteiger partial charge on any atom is -0.507 e. The predicted molar refractivity (Wildman–Crippen MR) is 122 cm³/mol. The van der Waals surface area contributed by atoms with E-state index in [2.05, 4.69) is 0 Å². The second-order valence-electron chi connectivity index (χ2n) is 8.30. The summed E-state index contributed by atoms with van der Waals surface area (Å²) in [7, 11) is 5.45. The predicted octanol–water partition coefficient (Wildman–Crippen LogP) is 3.36. The minimum atomic E-state index is -0.683. The first-order chi connectivity index (χ1) is 15.4. The third kappa shape index (κ3) is 4.08. The van der Waals surface area contributed by atoms with Crippen LogP contribution >= 0.6 is 0 Å². The van der Waals surface area contributed by atoms with Crippen molar-refractivity contribution in [3.8, 4) is 5.75 Å². The highest BCUT2D eigenvalue weighted by Gasteiger charge is 2.47. The van der Waals surface area contributed by atoms with Crippen LogP contribution in [0.25, 0.3) is 5.76 Å². The van der Waals surface area contributed by atoms with Crippen molar-refractivity contribution < 1.29 is 24.2 Å². The van der Waals surface area contributed by atoms with E-state index in [4.69, 9.17) is 9.47 Å². The summed E-state index contributed by atoms with van der Waals surface area (Å²) in [4.78, 5) is 29.7. The van der Waals surface area contributed by atoms with Gasteiger partial charge in [-0.25, -0.2) is 0 Å². The van der Waals surface area contributed by atoms with Crippen LogP contribution in [0.5, 0.6) is 5.75 Å². The average molecular weight is 437 g/mol. The number of nitrogens with zero attached hydrogens (tertiary/aromatic N) is 2. The topological polar surface area (TPSA) is 79.3 Å². The number of carbonyl (C=O) groups excluding carboxylic acids is 2. The molecule has 2 unspecified atom stereocenters. The molecular weight excluding hydrogens is 408 g/mol. The molecule has 2 saturated heterocycles. The first-order valence-electron chi connectivity index (χ1n) is 10.7. The van der Waals surface area contributed by atoms with Gasteiger partial charge < -0.3 is 24.4 Å². The number of Topliss-reactive ketones (excluding diaryl/α,β-unsaturated/α-hetero) is 1. The fourth-order valence-corrected chi connectivity index (χ4v) is 4.28. The van der Waals surface area contributed by atoms with Gasteiger partial charge in [0.05, 0.1) is 24.8 Å². The molecule has 0 saturated carbocycles. The summed E-state index contributed by atoms with van der Waals surface area (Å²) >= 11 is 0. The maximum Gasteiger partial charge on any atom is 0.295 e. The van der Waals surface area contributed by atoms with Gasteiger partial charge >= 0.3 is 0 Å². The van der Waals surface area contributed by atoms with Gasteiger partial charge in [-0.2, -0.15) is 0 Å². The molecule has 2 aromatic carbocycles. The number of amides is 1. The minimum absolute atomic E-state index is 0.0933. The molecule has 32 heavy (non-hydrogen) atoms. The lowest BCUT2D eigenvalue weighted by molar-refractivity contribution is -0.140. The molecule has 2 aromatic rings. The number of hydrogen-bond donors (Lipinski definition) is 1. The Balaban J connectivity index is 1.79. The average Bonchev–Trinajstić information content (AvgIpc) is 3.41. The van der Waals surface area contributed by atoms with E-state index in [1.54, 1.807) is 31.4 Å². The Morgan fingerprint density at radius 3 is 2.38 bits per heavy atom. The highest BCUT2D eigenvalue weighted by Crippen LogP contribution is 2.40. The van der Waals surface area contributed by atoms with Crippen LogP contribution < -0.4 is 9.64 Å². The van der Waals surface area contributed by atoms with Gasteiger partial charge in [0.15, 0.2) is 0 Å². The first-order valence-corrected chi connectivity index (χ1v) is 10.7. The second-order valence-corrected chi connectivity index (χ2v) is 8.30. The van der Waals surface area contributed by atoms with Crippen LogP contribution in [0, 0.1) is 0 Å². The number of methoxy groups -OCH3 is 1. The monoisotopic (exact) mass is 436 g/mol. The summed E-state index contributed by atoms with van der Waals surface area (Å²) in [6.45, 7) is 0.965. The van der Waals surface area contributed by atoms with Crippen LogP contribution in [0.1, 0.15) is 30.0 Å². The zero-order valence-electron chi connectivity index (χ0n) is 18.6. The molecule has 4 rings (SSSR count). The van der Waals surface area contributed by atoms with Crippen molar-refractivity contribution in [3.05, 3.63) is 65.2 Å². The van der Waals surface area contributed by atoms with E-state index in [-0.39, 0.29) is 17.4 Å². The van der Waals surface area contributed by atoms with Crippen LogP contribution in [0.15, 0.2) is 54.1 Å². The molecular formula is C25H28N2O5. The number of benzene rings is 2. The van der Waals surface area contributed by atoms with Crippen LogP contribution in [0.3, 0.4) is 0 Å². The molecule has 1 N–H and O–H groups in total. The molecule has 2 aliphatic heterocycles. The van der Waals surface area contributed by atoms with E-state index < -0.39 is 17.7 Å². The summed E-state index contributed by atoms with van der Waals surface area (Å²) in [6, 6.07) is 13.8. The molecule has 0 bridgehead atoms. The smallest absolute Gasteiger partial charge is 0.295 e. The Hall–Kier alpha value is -3.32. The lowest BCUT2D eigenvalue weighted by atomic mass is 9.95. The van der Waals surface area contributed by atoms with Crippen molar-refractivity contribution in [1.82, 2.24) is 4.90 Å². The summed E-state index contributed by atoms with van der Waals surface area (Å²) in [6.07, 6.45) is 1.66. The molecule has 7 heteroatoms. The van der Waals surface area contributed by atoms with Crippen molar-refractivity contribution >= 4 is 23.1 Å². The Morgan fingerprint density at radius 1 is 1.12 bits per heavy atom. The van der Waals surface area contributed by atoms with Gasteiger partial charge in [-0.3, -0.25) is 9.59 Å². The fourth-order valence-electron chi connectivity index (χ4n) is 4.28. The van der Waals surface area contributed by atoms with E-state index in [9.17, 15) is 14.7 Å². The summed E-state index contributed by atoms with van der Waals surface area (Å²) < 4.78 is 10.9. The van der Waals surface area contributed by atoms with Crippen molar-refractivity contribution in [1.29, 1.82) is 0 Å². The number of aliphatic hydroxyl groups is 1. The summed E-state index contributed by atoms with van der Waals surface area (Å²) in [5, 5.41) is 11.1. The Bertz CT molecular complexity index is 1020. The van der Waals surface area contributed by atoms with Gasteiger partial charge in [0, 0.05) is 38.5 Å². The molecule has 0 radical (unpaired) electrons. The molecule has 2 aliphatic rings. The lowest BCUT2D eigenvalue weighted by Crippen LogP contribution is -2.36. The van der Waals surface area contributed by atoms with Gasteiger partial charge in [-0.1, -0.05) is 12.1 Å². The van der Waals surface area contributed by atoms with E-state index >= 15 is 0 Å². The number of carbonyl (C=O) groups is 2. The second kappa shape index (κ2) is 9.04. The molecule has 0 aliphatic carbocycles. The van der Waals surface area contributed by atoms with Crippen LogP contribution in [0.2, 0.25) is 0 Å². The van der Waals surface area contributed by atoms with Crippen LogP contribution in [0.4, 0.5) is 5.69 Å². The maximum absolute atomic E-state index is 13.1. The molecule has 168 valence electrons. The maximum atomic E-state index is 13.1. The van der Waals surface area contributed by atoms with Gasteiger partial charge in [-0.05, 0) is 54.8 Å². The molecule has 0 aromatic heterocycles. The van der Waals surface area contributed by atoms with Crippen molar-refractivity contribution in [2.75, 3.05) is 39.3 Å². The third-order valence-corrected chi connectivity index (χ3v) is 6.05. The molecule has 2 heterocycles. The van der Waals surface area contributed by atoms with E-state index in [1.165, 1.54) is 4.90 Å². The molecule has 2 atom stereocenters. The Labute approximate surface area is 187 Å². The standard InChI is InChI=1S/C25H28N2O5/c1-26(2)18-10-6-16(7-11-18)22-21(23(28)17-8-12-19(31-3)13-9-17)24(29)25(30)27(22)15-20-5-4-14-32-20/h6-13,20,22,28H,4-5,14-15H2,1-3H3/b23-21-. The lowest BCUT2D eigenvalue weighted by Gasteiger charge is -2.28. The van der Waals surface area contributed by atoms with Gasteiger partial charge in [0.25, 0.3) is 11.7 Å². The summed E-state index contributed by atoms with van der Waals surface area (Å²) in [5.41, 5.74) is 2.31. The number of aliphatic hydroxyl groups excluding tert-OH is 1. The van der Waals surface area contributed by atoms with Crippen LogP contribution in [-0.2, 0) is 14.3 Å². The largest absolute Gasteiger partial charge is 0.507 e. The van der Waals surface area contributed by atoms with Gasteiger partial charge in [0.1, 0.15) is 11.5 Å². The highest BCUT2D eigenvalue weighted by atomic mass is 16.5. The van der Waals surface area contributed by atoms with Crippen molar-refractivity contribution in [2.24, 2.45) is 0 Å². The summed E-state index contributed by atoms with van der Waals surface area (Å²) in [5.74, 6) is -0.853. The van der Waals surface area contributed by atoms with Gasteiger partial charge in [-0.15, -0.1) is 0 Å². The molecule has 1 amide bonds. The van der Waals surface area contributed by atoms with E-state index in [1.807, 2.05) is 43.3 Å². The number of hydrogen-bond acceptors (Lipinski definition) is 6. The van der Waals surface area contributed by atoms with E-state index in [0.29, 0.717) is 24.5 Å². The fraction of sp³-hybridized carbons (Fsp3) is 0.360. The first kappa shape index (κ1) is 21.9. The number of likely N-dealkylation sites (tertiary alicyclic amines) is 1. The van der Waals surface area contributed by atoms with Gasteiger partial charge in [0.2, 0.25) is 0 Å². The van der Waals surface area contributed by atoms with Crippen molar-refractivity contribution in [3.63, 3.8) is 0 Å². The zero-order valence-corrected chi connectivity index (χ0v) is 18.6. The number of rotatable bonds is 6. The SMILES string of the molecule is COc1ccc(/C(O)=C2/C(=O)C(=O)N(CC3CCCO3)C2c2ccc(N(C)C)cc2)cc1. The van der Waals surface area contributed by atoms with Crippen molar-refractivity contribution in [2.45, 2.75) is 25.0 Å². The quantitative estimate of drug-likeness (QED) is 0.425. The third-order valence-electron chi connectivity index (χ3n) is 6.05. The Kier molecular flexibility index (Phi) is 6.19. The molecule has 0 spiro atoms. The van der Waals surface area contributed by atoms with E-state index in [0.717, 1.165) is 24.1 Å². The number of anilines is 1. The molecule has 7 nitrogen and oxygen atoms in total.